The number of halogens is 1. The largest absolute Gasteiger partial charge is 0.379 e. The number of hydrogen-bond acceptors (Lipinski definition) is 6. The van der Waals surface area contributed by atoms with Gasteiger partial charge >= 0.3 is 0 Å². The Bertz CT molecular complexity index is 652. The Kier molecular flexibility index (Phi) is 3.39. The van der Waals surface area contributed by atoms with Gasteiger partial charge in [0.05, 0.1) is 28.5 Å². The zero-order valence-corrected chi connectivity index (χ0v) is 11.3. The molecule has 0 aliphatic rings. The molecule has 8 heteroatoms. The molecule has 0 aliphatic carbocycles. The predicted molar refractivity (Wildman–Crippen MR) is 73.6 cm³/mol. The van der Waals surface area contributed by atoms with E-state index in [4.69, 9.17) is 11.6 Å². The number of hydrogen-bond donors (Lipinski definition) is 1. The van der Waals surface area contributed by atoms with Crippen LogP contribution in [0.4, 0.5) is 5.69 Å². The lowest BCUT2D eigenvalue weighted by Crippen LogP contribution is -2.01. The number of rotatable bonds is 4. The van der Waals surface area contributed by atoms with E-state index in [1.165, 1.54) is 6.33 Å². The second-order valence-electron chi connectivity index (χ2n) is 3.74. The zero-order valence-electron chi connectivity index (χ0n) is 9.69. The van der Waals surface area contributed by atoms with Crippen LogP contribution in [0.25, 0.3) is 5.69 Å². The lowest BCUT2D eigenvalue weighted by molar-refractivity contribution is 0.789. The molecule has 3 rings (SSSR count). The van der Waals surface area contributed by atoms with Gasteiger partial charge in [0, 0.05) is 11.1 Å². The maximum absolute atomic E-state index is 6.16. The minimum Gasteiger partial charge on any atom is -0.379 e. The molecule has 0 amide bonds. The highest BCUT2D eigenvalue weighted by Crippen LogP contribution is 2.25. The van der Waals surface area contributed by atoms with Gasteiger partial charge in [0.25, 0.3) is 0 Å². The summed E-state index contributed by atoms with van der Waals surface area (Å²) in [6.45, 7) is 0.684. The fourth-order valence-corrected chi connectivity index (χ4v) is 2.30. The third kappa shape index (κ3) is 2.72. The summed E-state index contributed by atoms with van der Waals surface area (Å²) < 4.78 is 1.58. The molecule has 0 aliphatic heterocycles. The molecule has 1 N–H and O–H groups in total. The first-order valence-corrected chi connectivity index (χ1v) is 6.73. The van der Waals surface area contributed by atoms with E-state index in [1.807, 2.05) is 24.4 Å². The Morgan fingerprint density at radius 1 is 1.37 bits per heavy atom. The van der Waals surface area contributed by atoms with Crippen molar-refractivity contribution < 1.29 is 0 Å². The summed E-state index contributed by atoms with van der Waals surface area (Å²) in [5, 5.41) is 15.0. The van der Waals surface area contributed by atoms with Crippen molar-refractivity contribution in [2.75, 3.05) is 5.32 Å². The predicted octanol–water partition coefficient (Wildman–Crippen LogP) is 2.38. The van der Waals surface area contributed by atoms with Crippen molar-refractivity contribution in [3.05, 3.63) is 46.1 Å². The van der Waals surface area contributed by atoms with E-state index in [-0.39, 0.29) is 0 Å². The zero-order chi connectivity index (χ0) is 13.1. The van der Waals surface area contributed by atoms with Gasteiger partial charge in [-0.1, -0.05) is 11.6 Å². The molecule has 0 spiro atoms. The third-order valence-corrected chi connectivity index (χ3v) is 3.61. The smallest absolute Gasteiger partial charge is 0.143 e. The van der Waals surface area contributed by atoms with Crippen molar-refractivity contribution in [2.24, 2.45) is 0 Å². The van der Waals surface area contributed by atoms with Crippen LogP contribution in [0.15, 0.2) is 36.2 Å². The number of thiazole rings is 1. The molecule has 0 radical (unpaired) electrons. The number of anilines is 1. The van der Waals surface area contributed by atoms with Gasteiger partial charge in [0.15, 0.2) is 0 Å². The molecule has 3 aromatic rings. The third-order valence-electron chi connectivity index (χ3n) is 2.50. The summed E-state index contributed by atoms with van der Waals surface area (Å²) in [6.07, 6.45) is 3.37. The van der Waals surface area contributed by atoms with Crippen molar-refractivity contribution in [2.45, 2.75) is 6.54 Å². The van der Waals surface area contributed by atoms with Gasteiger partial charge in [0.2, 0.25) is 0 Å². The minimum absolute atomic E-state index is 0.654. The SMILES string of the molecule is Clc1ccc(-n2cnnn2)cc1NCc1cncs1. The first kappa shape index (κ1) is 12.1. The van der Waals surface area contributed by atoms with Gasteiger partial charge in [-0.2, -0.15) is 0 Å². The molecule has 0 saturated heterocycles. The maximum atomic E-state index is 6.16. The standard InChI is InChI=1S/C11H9ClN6S/c12-10-2-1-8(18-6-15-16-17-18)3-11(10)14-5-9-4-13-7-19-9/h1-4,6-7,14H,5H2. The Morgan fingerprint density at radius 3 is 3.05 bits per heavy atom. The lowest BCUT2D eigenvalue weighted by Gasteiger charge is -2.09. The quantitative estimate of drug-likeness (QED) is 0.799. The van der Waals surface area contributed by atoms with Crippen LogP contribution in [0.2, 0.25) is 5.02 Å². The summed E-state index contributed by atoms with van der Waals surface area (Å²) in [6, 6.07) is 5.57. The number of nitrogens with zero attached hydrogens (tertiary/aromatic N) is 5. The summed E-state index contributed by atoms with van der Waals surface area (Å²) in [4.78, 5) is 5.17. The van der Waals surface area contributed by atoms with Gasteiger partial charge < -0.3 is 5.32 Å². The fraction of sp³-hybridized carbons (Fsp3) is 0.0909. The molecule has 0 bridgehead atoms. The van der Waals surface area contributed by atoms with Crippen LogP contribution in [0.3, 0.4) is 0 Å². The van der Waals surface area contributed by atoms with Crippen molar-refractivity contribution >= 4 is 28.6 Å². The van der Waals surface area contributed by atoms with Gasteiger partial charge in [-0.15, -0.1) is 16.4 Å². The first-order valence-electron chi connectivity index (χ1n) is 5.47. The molecular weight excluding hydrogens is 284 g/mol. The Labute approximate surface area is 118 Å². The van der Waals surface area contributed by atoms with Gasteiger partial charge in [0.1, 0.15) is 6.33 Å². The number of nitrogens with one attached hydrogen (secondary N) is 1. The van der Waals surface area contributed by atoms with Crippen molar-refractivity contribution in [1.82, 2.24) is 25.2 Å². The molecule has 0 fully saturated rings. The lowest BCUT2D eigenvalue weighted by atomic mass is 10.2. The molecule has 96 valence electrons. The molecule has 19 heavy (non-hydrogen) atoms. The Balaban J connectivity index is 1.82. The first-order chi connectivity index (χ1) is 9.33. The van der Waals surface area contributed by atoms with Gasteiger partial charge in [-0.05, 0) is 28.6 Å². The summed E-state index contributed by atoms with van der Waals surface area (Å²) >= 11 is 7.76. The molecule has 2 aromatic heterocycles. The molecule has 0 unspecified atom stereocenters. The summed E-state index contributed by atoms with van der Waals surface area (Å²) in [5.41, 5.74) is 3.49. The maximum Gasteiger partial charge on any atom is 0.143 e. The molecule has 0 saturated carbocycles. The number of tetrazole rings is 1. The van der Waals surface area contributed by atoms with Crippen LogP contribution >= 0.6 is 22.9 Å². The van der Waals surface area contributed by atoms with E-state index in [9.17, 15) is 0 Å². The van der Waals surface area contributed by atoms with Crippen LogP contribution in [0, 0.1) is 0 Å². The average molecular weight is 293 g/mol. The Morgan fingerprint density at radius 2 is 2.32 bits per heavy atom. The monoisotopic (exact) mass is 292 g/mol. The fourth-order valence-electron chi connectivity index (χ4n) is 1.58. The minimum atomic E-state index is 0.654. The van der Waals surface area contributed by atoms with E-state index in [1.54, 1.807) is 21.5 Å². The Hall–Kier alpha value is -1.99. The molecular formula is C11H9ClN6S. The van der Waals surface area contributed by atoms with E-state index >= 15 is 0 Å². The van der Waals surface area contributed by atoms with Crippen LogP contribution in [-0.2, 0) is 6.54 Å². The summed E-state index contributed by atoms with van der Waals surface area (Å²) in [7, 11) is 0. The highest BCUT2D eigenvalue weighted by molar-refractivity contribution is 7.09. The average Bonchev–Trinajstić information content (AvgIpc) is 3.11. The van der Waals surface area contributed by atoms with Crippen molar-refractivity contribution in [3.63, 3.8) is 0 Å². The summed E-state index contributed by atoms with van der Waals surface area (Å²) in [5.74, 6) is 0. The van der Waals surface area contributed by atoms with Crippen LogP contribution in [0.1, 0.15) is 4.88 Å². The second kappa shape index (κ2) is 5.33. The van der Waals surface area contributed by atoms with E-state index in [0.29, 0.717) is 11.6 Å². The van der Waals surface area contributed by atoms with E-state index in [2.05, 4.69) is 25.8 Å². The highest BCUT2D eigenvalue weighted by Gasteiger charge is 2.05. The molecule has 6 nitrogen and oxygen atoms in total. The number of aromatic nitrogens is 5. The molecule has 0 atom stereocenters. The van der Waals surface area contributed by atoms with Crippen molar-refractivity contribution in [1.29, 1.82) is 0 Å². The van der Waals surface area contributed by atoms with E-state index < -0.39 is 0 Å². The second-order valence-corrected chi connectivity index (χ2v) is 5.12. The van der Waals surface area contributed by atoms with E-state index in [0.717, 1.165) is 16.3 Å². The van der Waals surface area contributed by atoms with Gasteiger partial charge in [-0.3, -0.25) is 4.98 Å². The molecule has 2 heterocycles. The normalized spacial score (nSPS) is 10.6. The van der Waals surface area contributed by atoms with Crippen molar-refractivity contribution in [3.8, 4) is 5.69 Å². The number of benzene rings is 1. The topological polar surface area (TPSA) is 68.5 Å². The van der Waals surface area contributed by atoms with Gasteiger partial charge in [-0.25, -0.2) is 4.68 Å². The van der Waals surface area contributed by atoms with Crippen LogP contribution in [0.5, 0.6) is 0 Å². The van der Waals surface area contributed by atoms with Crippen LogP contribution < -0.4 is 5.32 Å². The highest BCUT2D eigenvalue weighted by atomic mass is 35.5. The van der Waals surface area contributed by atoms with Crippen LogP contribution in [-0.4, -0.2) is 25.2 Å². The molecule has 1 aromatic carbocycles.